The third kappa shape index (κ3) is 3.28. The Labute approximate surface area is 153 Å². The number of aromatic nitrogens is 1. The number of amides is 1. The maximum atomic E-state index is 13.1. The molecule has 0 bridgehead atoms. The molecule has 0 spiro atoms. The van der Waals surface area contributed by atoms with Crippen molar-refractivity contribution >= 4 is 16.8 Å². The number of nitrogens with one attached hydrogen (secondary N) is 1. The molecule has 1 aliphatic heterocycles. The summed E-state index contributed by atoms with van der Waals surface area (Å²) in [6.45, 7) is 8.18. The average molecular weight is 358 g/mol. The van der Waals surface area contributed by atoms with E-state index in [0.29, 0.717) is 23.6 Å². The van der Waals surface area contributed by atoms with Crippen LogP contribution in [-0.2, 0) is 6.54 Å². The van der Waals surface area contributed by atoms with Gasteiger partial charge in [-0.1, -0.05) is 13.3 Å². The first-order valence-corrected chi connectivity index (χ1v) is 8.99. The van der Waals surface area contributed by atoms with Crippen LogP contribution in [-0.4, -0.2) is 29.2 Å². The fourth-order valence-electron chi connectivity index (χ4n) is 3.33. The van der Waals surface area contributed by atoms with Gasteiger partial charge in [0.15, 0.2) is 11.5 Å². The van der Waals surface area contributed by atoms with Crippen LogP contribution < -0.4 is 20.3 Å². The fraction of sp³-hybridized carbons (Fsp3) is 0.500. The number of hydrogen-bond acceptors (Lipinski definition) is 4. The second-order valence-corrected chi connectivity index (χ2v) is 7.74. The van der Waals surface area contributed by atoms with Crippen LogP contribution >= 0.6 is 0 Å². The molecule has 0 fully saturated rings. The van der Waals surface area contributed by atoms with E-state index in [1.807, 2.05) is 32.9 Å². The smallest absolute Gasteiger partial charge is 0.264 e. The Morgan fingerprint density at radius 2 is 2.12 bits per heavy atom. The predicted molar refractivity (Wildman–Crippen MR) is 101 cm³/mol. The molecule has 2 heterocycles. The molecule has 26 heavy (non-hydrogen) atoms. The van der Waals surface area contributed by atoms with Gasteiger partial charge in [0.1, 0.15) is 11.7 Å². The molecule has 1 unspecified atom stereocenters. The monoisotopic (exact) mass is 358 g/mol. The second-order valence-electron chi connectivity index (χ2n) is 7.74. The standard InChI is InChI=1S/C20H26N2O4/c1-6-7-13-11-22-16-12(8-9-15(25-5)17(16)26-13)10-14(19(22)24)18(23)21-20(2,3)4/h8-10,13H,6-7,11H2,1-5H3,(H,21,23). The number of ether oxygens (including phenoxy) is 2. The molecule has 140 valence electrons. The van der Waals surface area contributed by atoms with Gasteiger partial charge < -0.3 is 19.4 Å². The molecule has 2 aromatic rings. The van der Waals surface area contributed by atoms with E-state index < -0.39 is 5.54 Å². The van der Waals surface area contributed by atoms with E-state index in [2.05, 4.69) is 12.2 Å². The van der Waals surface area contributed by atoms with Crippen molar-refractivity contribution in [2.75, 3.05) is 7.11 Å². The van der Waals surface area contributed by atoms with Gasteiger partial charge in [-0.15, -0.1) is 0 Å². The summed E-state index contributed by atoms with van der Waals surface area (Å²) in [5.41, 5.74) is 0.132. The average Bonchev–Trinajstić information content (AvgIpc) is 2.56. The van der Waals surface area contributed by atoms with Crippen molar-refractivity contribution < 1.29 is 14.3 Å². The first kappa shape index (κ1) is 18.3. The van der Waals surface area contributed by atoms with E-state index in [4.69, 9.17) is 9.47 Å². The Morgan fingerprint density at radius 1 is 1.38 bits per heavy atom. The quantitative estimate of drug-likeness (QED) is 0.912. The molecule has 0 saturated heterocycles. The van der Waals surface area contributed by atoms with Crippen molar-refractivity contribution in [2.24, 2.45) is 0 Å². The van der Waals surface area contributed by atoms with Crippen molar-refractivity contribution in [3.63, 3.8) is 0 Å². The zero-order valence-electron chi connectivity index (χ0n) is 16.0. The molecule has 1 N–H and O–H groups in total. The van der Waals surface area contributed by atoms with Gasteiger partial charge >= 0.3 is 0 Å². The molecular weight excluding hydrogens is 332 g/mol. The number of hydrogen-bond donors (Lipinski definition) is 1. The van der Waals surface area contributed by atoms with E-state index >= 15 is 0 Å². The molecule has 1 aromatic carbocycles. The number of methoxy groups -OCH3 is 1. The Bertz CT molecular complexity index is 909. The molecular formula is C20H26N2O4. The number of pyridine rings is 1. The Morgan fingerprint density at radius 3 is 2.73 bits per heavy atom. The van der Waals surface area contributed by atoms with Crippen molar-refractivity contribution in [1.29, 1.82) is 0 Å². The number of rotatable bonds is 4. The lowest BCUT2D eigenvalue weighted by Gasteiger charge is -2.29. The van der Waals surface area contributed by atoms with Gasteiger partial charge in [-0.2, -0.15) is 0 Å². The van der Waals surface area contributed by atoms with Crippen molar-refractivity contribution in [1.82, 2.24) is 9.88 Å². The minimum atomic E-state index is -0.417. The highest BCUT2D eigenvalue weighted by Crippen LogP contribution is 2.39. The van der Waals surface area contributed by atoms with Crippen LogP contribution in [0.25, 0.3) is 10.9 Å². The van der Waals surface area contributed by atoms with E-state index in [-0.39, 0.29) is 23.1 Å². The molecule has 0 radical (unpaired) electrons. The molecule has 1 aliphatic rings. The number of benzene rings is 1. The molecule has 0 aliphatic carbocycles. The van der Waals surface area contributed by atoms with Crippen LogP contribution in [0, 0.1) is 0 Å². The second kappa shape index (κ2) is 6.67. The third-order valence-electron chi connectivity index (χ3n) is 4.41. The van der Waals surface area contributed by atoms with E-state index in [9.17, 15) is 9.59 Å². The zero-order chi connectivity index (χ0) is 19.1. The topological polar surface area (TPSA) is 69.6 Å². The van der Waals surface area contributed by atoms with Crippen LogP contribution in [0.5, 0.6) is 11.5 Å². The molecule has 1 amide bonds. The zero-order valence-corrected chi connectivity index (χ0v) is 16.0. The van der Waals surface area contributed by atoms with Gasteiger partial charge in [0.2, 0.25) is 0 Å². The van der Waals surface area contributed by atoms with Crippen LogP contribution in [0.2, 0.25) is 0 Å². The largest absolute Gasteiger partial charge is 0.493 e. The Hall–Kier alpha value is -2.50. The lowest BCUT2D eigenvalue weighted by atomic mass is 10.0. The minimum absolute atomic E-state index is 0.120. The fourth-order valence-corrected chi connectivity index (χ4v) is 3.33. The molecule has 0 saturated carbocycles. The Balaban J connectivity index is 2.21. The lowest BCUT2D eigenvalue weighted by molar-refractivity contribution is 0.0916. The first-order valence-electron chi connectivity index (χ1n) is 8.99. The first-order chi connectivity index (χ1) is 12.2. The predicted octanol–water partition coefficient (Wildman–Crippen LogP) is 3.10. The molecule has 3 rings (SSSR count). The van der Waals surface area contributed by atoms with Crippen LogP contribution in [0.15, 0.2) is 23.0 Å². The number of nitrogens with zero attached hydrogens (tertiary/aromatic N) is 1. The minimum Gasteiger partial charge on any atom is -0.493 e. The summed E-state index contributed by atoms with van der Waals surface area (Å²) in [4.78, 5) is 25.7. The highest BCUT2D eigenvalue weighted by atomic mass is 16.5. The summed E-state index contributed by atoms with van der Waals surface area (Å²) < 4.78 is 13.2. The Kier molecular flexibility index (Phi) is 4.69. The summed E-state index contributed by atoms with van der Waals surface area (Å²) in [7, 11) is 1.58. The highest BCUT2D eigenvalue weighted by molar-refractivity contribution is 5.99. The lowest BCUT2D eigenvalue weighted by Crippen LogP contribution is -2.44. The third-order valence-corrected chi connectivity index (χ3v) is 4.41. The van der Waals surface area contributed by atoms with Crippen molar-refractivity contribution in [3.8, 4) is 11.5 Å². The summed E-state index contributed by atoms with van der Waals surface area (Å²) >= 11 is 0. The number of carbonyl (C=O) groups is 1. The van der Waals surface area contributed by atoms with Gasteiger partial charge in [-0.05, 0) is 45.4 Å². The van der Waals surface area contributed by atoms with Crippen LogP contribution in [0.3, 0.4) is 0 Å². The SMILES string of the molecule is CCCC1Cn2c(=O)c(C(=O)NC(C)(C)C)cc3ccc(OC)c(c32)O1. The maximum absolute atomic E-state index is 13.1. The molecule has 6 heteroatoms. The molecule has 1 aromatic heterocycles. The highest BCUT2D eigenvalue weighted by Gasteiger charge is 2.28. The van der Waals surface area contributed by atoms with E-state index in [1.54, 1.807) is 17.7 Å². The van der Waals surface area contributed by atoms with Gasteiger partial charge in [0.25, 0.3) is 11.5 Å². The summed E-state index contributed by atoms with van der Waals surface area (Å²) in [5.74, 6) is 0.817. The van der Waals surface area contributed by atoms with Gasteiger partial charge in [-0.3, -0.25) is 9.59 Å². The summed E-state index contributed by atoms with van der Waals surface area (Å²) in [5, 5.41) is 3.66. The van der Waals surface area contributed by atoms with Crippen molar-refractivity contribution in [2.45, 2.75) is 58.7 Å². The molecule has 1 atom stereocenters. The van der Waals surface area contributed by atoms with Gasteiger partial charge in [0, 0.05) is 10.9 Å². The van der Waals surface area contributed by atoms with Crippen LogP contribution in [0.1, 0.15) is 50.9 Å². The van der Waals surface area contributed by atoms with Gasteiger partial charge in [-0.25, -0.2) is 0 Å². The number of carbonyl (C=O) groups excluding carboxylic acids is 1. The normalized spacial score (nSPS) is 16.3. The van der Waals surface area contributed by atoms with Gasteiger partial charge in [0.05, 0.1) is 19.2 Å². The van der Waals surface area contributed by atoms with Crippen LogP contribution in [0.4, 0.5) is 0 Å². The van der Waals surface area contributed by atoms with E-state index in [0.717, 1.165) is 18.2 Å². The van der Waals surface area contributed by atoms with E-state index in [1.165, 1.54) is 0 Å². The van der Waals surface area contributed by atoms with Crippen molar-refractivity contribution in [3.05, 3.63) is 34.1 Å². The summed E-state index contributed by atoms with van der Waals surface area (Å²) in [6, 6.07) is 5.30. The maximum Gasteiger partial charge on any atom is 0.264 e. The summed E-state index contributed by atoms with van der Waals surface area (Å²) in [6.07, 6.45) is 1.65. The molecule has 6 nitrogen and oxygen atoms in total.